The predicted octanol–water partition coefficient (Wildman–Crippen LogP) is 14.4. The maximum Gasteiger partial charge on any atom is 0.0725 e. The van der Waals surface area contributed by atoms with E-state index in [0.29, 0.717) is 0 Å². The van der Waals surface area contributed by atoms with Gasteiger partial charge in [-0.05, 0) is 106 Å². The molecule has 9 aromatic carbocycles. The summed E-state index contributed by atoms with van der Waals surface area (Å²) in [5, 5.41) is 4.86. The fourth-order valence-corrected chi connectivity index (χ4v) is 10.2. The van der Waals surface area contributed by atoms with Crippen molar-refractivity contribution in [2.45, 2.75) is 5.41 Å². The van der Waals surface area contributed by atoms with Crippen molar-refractivity contribution >= 4 is 21.5 Å². The molecule has 2 aliphatic rings. The van der Waals surface area contributed by atoms with E-state index in [1.165, 1.54) is 99.4 Å². The molecule has 1 nitrogen and oxygen atoms in total. The van der Waals surface area contributed by atoms with Crippen LogP contribution in [0, 0.1) is 0 Å². The molecule has 0 saturated carbocycles. The third-order valence-corrected chi connectivity index (χ3v) is 12.6. The Labute approximate surface area is 332 Å². The number of fused-ring (bicyclic) bond motifs is 12. The molecular weight excluding hydrogens is 687 g/mol. The van der Waals surface area contributed by atoms with Crippen molar-refractivity contribution in [1.29, 1.82) is 0 Å². The first-order chi connectivity index (χ1) is 28.3. The van der Waals surface area contributed by atoms with Gasteiger partial charge in [0.15, 0.2) is 0 Å². The molecule has 0 saturated heterocycles. The fourth-order valence-electron chi connectivity index (χ4n) is 10.2. The molecule has 0 fully saturated rings. The molecular formula is C56H35N. The first-order valence-corrected chi connectivity index (χ1v) is 19.8. The number of hydrogen-bond donors (Lipinski definition) is 0. The molecule has 0 aliphatic heterocycles. The van der Waals surface area contributed by atoms with Gasteiger partial charge in [-0.25, -0.2) is 0 Å². The van der Waals surface area contributed by atoms with Gasteiger partial charge in [-0.3, -0.25) is 4.98 Å². The molecule has 10 aromatic rings. The minimum atomic E-state index is -0.371. The first-order valence-electron chi connectivity index (χ1n) is 19.8. The lowest BCUT2D eigenvalue weighted by Crippen LogP contribution is -2.25. The molecule has 0 radical (unpaired) electrons. The van der Waals surface area contributed by atoms with Crippen molar-refractivity contribution in [3.05, 3.63) is 235 Å². The second-order valence-electron chi connectivity index (χ2n) is 15.4. The minimum Gasteiger partial charge on any atom is -0.256 e. The average molecular weight is 722 g/mol. The number of nitrogens with zero attached hydrogens (tertiary/aromatic N) is 1. The van der Waals surface area contributed by atoms with Crippen molar-refractivity contribution in [3.8, 4) is 66.9 Å². The summed E-state index contributed by atoms with van der Waals surface area (Å²) in [4.78, 5) is 5.27. The lowest BCUT2D eigenvalue weighted by molar-refractivity contribution is 0.794. The van der Waals surface area contributed by atoms with Gasteiger partial charge in [0.1, 0.15) is 0 Å². The van der Waals surface area contributed by atoms with Crippen LogP contribution in [0.3, 0.4) is 0 Å². The van der Waals surface area contributed by atoms with Crippen molar-refractivity contribution in [2.24, 2.45) is 0 Å². The summed E-state index contributed by atoms with van der Waals surface area (Å²) in [7, 11) is 0. The minimum absolute atomic E-state index is 0.371. The summed E-state index contributed by atoms with van der Waals surface area (Å²) >= 11 is 0. The molecule has 1 aromatic heterocycles. The highest BCUT2D eigenvalue weighted by Gasteiger charge is 2.51. The molecule has 0 N–H and O–H groups in total. The third kappa shape index (κ3) is 4.54. The zero-order chi connectivity index (χ0) is 37.5. The number of benzene rings is 9. The van der Waals surface area contributed by atoms with Crippen LogP contribution in [0.15, 0.2) is 212 Å². The molecule has 57 heavy (non-hydrogen) atoms. The SMILES string of the molecule is c1ccc(-c2ccc(-c3c4ccccc4c(-c4ccc(-c5ccc6c(c5)C5(c7ccccc7-c7ccccc75)c5ccccc5-6)cn4)c4ccccc34)cc2)cc1. The Kier molecular flexibility index (Phi) is 6.91. The van der Waals surface area contributed by atoms with E-state index < -0.39 is 0 Å². The molecule has 0 unspecified atom stereocenters. The average Bonchev–Trinajstić information content (AvgIpc) is 3.76. The predicted molar refractivity (Wildman–Crippen MR) is 237 cm³/mol. The van der Waals surface area contributed by atoms with Gasteiger partial charge in [0.25, 0.3) is 0 Å². The molecule has 1 heterocycles. The van der Waals surface area contributed by atoms with E-state index >= 15 is 0 Å². The number of aromatic nitrogens is 1. The van der Waals surface area contributed by atoms with Crippen LogP contribution in [0.25, 0.3) is 88.4 Å². The third-order valence-electron chi connectivity index (χ3n) is 12.6. The van der Waals surface area contributed by atoms with Crippen LogP contribution in [0.5, 0.6) is 0 Å². The van der Waals surface area contributed by atoms with Crippen LogP contribution >= 0.6 is 0 Å². The highest BCUT2D eigenvalue weighted by Crippen LogP contribution is 2.63. The van der Waals surface area contributed by atoms with E-state index in [1.54, 1.807) is 0 Å². The van der Waals surface area contributed by atoms with Gasteiger partial charge in [-0.15, -0.1) is 0 Å². The quantitative estimate of drug-likeness (QED) is 0.165. The molecule has 12 rings (SSSR count). The first kappa shape index (κ1) is 31.9. The summed E-state index contributed by atoms with van der Waals surface area (Å²) in [5.41, 5.74) is 19.6. The molecule has 0 atom stereocenters. The second kappa shape index (κ2) is 12.3. The van der Waals surface area contributed by atoms with Gasteiger partial charge < -0.3 is 0 Å². The van der Waals surface area contributed by atoms with E-state index in [2.05, 4.69) is 212 Å². The zero-order valence-electron chi connectivity index (χ0n) is 31.2. The maximum absolute atomic E-state index is 5.27. The van der Waals surface area contributed by atoms with E-state index in [1.807, 2.05) is 0 Å². The Morgan fingerprint density at radius 1 is 0.281 bits per heavy atom. The van der Waals surface area contributed by atoms with Crippen molar-refractivity contribution in [2.75, 3.05) is 0 Å². The Hall–Kier alpha value is -7.35. The summed E-state index contributed by atoms with van der Waals surface area (Å²) in [6.07, 6.45) is 2.07. The monoisotopic (exact) mass is 721 g/mol. The lowest BCUT2D eigenvalue weighted by atomic mass is 9.70. The Morgan fingerprint density at radius 3 is 1.25 bits per heavy atom. The Morgan fingerprint density at radius 2 is 0.702 bits per heavy atom. The highest BCUT2D eigenvalue weighted by molar-refractivity contribution is 6.21. The van der Waals surface area contributed by atoms with Gasteiger partial charge in [-0.2, -0.15) is 0 Å². The number of rotatable bonds is 4. The fraction of sp³-hybridized carbons (Fsp3) is 0.0179. The van der Waals surface area contributed by atoms with Gasteiger partial charge >= 0.3 is 0 Å². The highest BCUT2D eigenvalue weighted by atomic mass is 14.7. The van der Waals surface area contributed by atoms with Crippen LogP contribution in [0.2, 0.25) is 0 Å². The molecule has 1 heteroatoms. The second-order valence-corrected chi connectivity index (χ2v) is 15.4. The molecule has 264 valence electrons. The molecule has 2 aliphatic carbocycles. The smallest absolute Gasteiger partial charge is 0.0725 e. The number of pyridine rings is 1. The Balaban J connectivity index is 0.995. The largest absolute Gasteiger partial charge is 0.256 e. The van der Waals surface area contributed by atoms with Crippen molar-refractivity contribution in [1.82, 2.24) is 4.98 Å². The van der Waals surface area contributed by atoms with E-state index in [4.69, 9.17) is 4.98 Å². The summed E-state index contributed by atoms with van der Waals surface area (Å²) < 4.78 is 0. The van der Waals surface area contributed by atoms with Crippen molar-refractivity contribution in [3.63, 3.8) is 0 Å². The summed E-state index contributed by atoms with van der Waals surface area (Å²) in [6.45, 7) is 0. The van der Waals surface area contributed by atoms with Crippen LogP contribution in [0.1, 0.15) is 22.3 Å². The molecule has 0 bridgehead atoms. The van der Waals surface area contributed by atoms with Crippen LogP contribution in [-0.2, 0) is 5.41 Å². The van der Waals surface area contributed by atoms with Crippen LogP contribution < -0.4 is 0 Å². The van der Waals surface area contributed by atoms with E-state index in [9.17, 15) is 0 Å². The van der Waals surface area contributed by atoms with E-state index in [0.717, 1.165) is 11.3 Å². The topological polar surface area (TPSA) is 12.9 Å². The van der Waals surface area contributed by atoms with Gasteiger partial charge in [0.05, 0.1) is 11.1 Å². The Bertz CT molecular complexity index is 3090. The number of hydrogen-bond acceptors (Lipinski definition) is 1. The van der Waals surface area contributed by atoms with Gasteiger partial charge in [0.2, 0.25) is 0 Å². The van der Waals surface area contributed by atoms with Crippen molar-refractivity contribution < 1.29 is 0 Å². The molecule has 0 amide bonds. The van der Waals surface area contributed by atoms with Crippen LogP contribution in [0.4, 0.5) is 0 Å². The zero-order valence-corrected chi connectivity index (χ0v) is 31.2. The van der Waals surface area contributed by atoms with Gasteiger partial charge in [0, 0.05) is 17.3 Å². The van der Waals surface area contributed by atoms with E-state index in [-0.39, 0.29) is 5.41 Å². The molecule has 1 spiro atoms. The standard InChI is InChI=1S/C56H35N/c1-2-14-36(15-3-1)37-26-28-38(29-27-37)54-45-19-4-6-21-47(45)55(48-22-7-5-20-46(48)54)53-33-31-40(35-57-53)39-30-32-44-43-18-10-13-25-51(43)56(52(44)34-39)49-23-11-8-16-41(49)42-17-9-12-24-50(42)56/h1-35H. The van der Waals surface area contributed by atoms with Gasteiger partial charge in [-0.1, -0.05) is 194 Å². The summed E-state index contributed by atoms with van der Waals surface area (Å²) in [5.74, 6) is 0. The van der Waals surface area contributed by atoms with Crippen LogP contribution in [-0.4, -0.2) is 4.98 Å². The normalized spacial score (nSPS) is 13.1. The lowest BCUT2D eigenvalue weighted by Gasteiger charge is -2.30. The maximum atomic E-state index is 5.27. The summed E-state index contributed by atoms with van der Waals surface area (Å²) in [6, 6.07) is 75.8.